The highest BCUT2D eigenvalue weighted by Crippen LogP contribution is 2.18. The molecule has 24 heavy (non-hydrogen) atoms. The van der Waals surface area contributed by atoms with E-state index < -0.39 is 0 Å². The number of amides is 2. The van der Waals surface area contributed by atoms with Gasteiger partial charge in [0.1, 0.15) is 0 Å². The molecule has 1 unspecified atom stereocenters. The number of carbonyl (C=O) groups excluding carboxylic acids is 2. The van der Waals surface area contributed by atoms with E-state index in [0.29, 0.717) is 13.1 Å². The fourth-order valence-electron chi connectivity index (χ4n) is 3.08. The maximum absolute atomic E-state index is 12.5. The van der Waals surface area contributed by atoms with E-state index in [-0.39, 0.29) is 24.4 Å². The maximum atomic E-state index is 12.5. The molecule has 1 atom stereocenters. The lowest BCUT2D eigenvalue weighted by Crippen LogP contribution is -2.52. The monoisotopic (exact) mass is 331 g/mol. The SMILES string of the molecule is CCC(C)N(CC(=O)N1CCN(c2cccc(C)c2)CC1)C(C)=O. The highest BCUT2D eigenvalue weighted by Gasteiger charge is 2.25. The van der Waals surface area contributed by atoms with Gasteiger partial charge in [0.15, 0.2) is 0 Å². The molecule has 0 bridgehead atoms. The third-order valence-corrected chi connectivity index (χ3v) is 4.83. The number of hydrogen-bond acceptors (Lipinski definition) is 3. The summed E-state index contributed by atoms with van der Waals surface area (Å²) in [6, 6.07) is 8.55. The number of benzene rings is 1. The van der Waals surface area contributed by atoms with Crippen molar-refractivity contribution in [2.24, 2.45) is 0 Å². The van der Waals surface area contributed by atoms with Crippen molar-refractivity contribution in [1.82, 2.24) is 9.80 Å². The molecule has 2 rings (SSSR count). The Bertz CT molecular complexity index is 580. The zero-order chi connectivity index (χ0) is 17.7. The Morgan fingerprint density at radius 2 is 1.88 bits per heavy atom. The van der Waals surface area contributed by atoms with E-state index in [1.54, 1.807) is 4.90 Å². The molecule has 0 aliphatic carbocycles. The molecule has 5 heteroatoms. The van der Waals surface area contributed by atoms with Crippen LogP contribution in [-0.4, -0.2) is 60.4 Å². The summed E-state index contributed by atoms with van der Waals surface area (Å²) >= 11 is 0. The van der Waals surface area contributed by atoms with Crippen LogP contribution in [0.25, 0.3) is 0 Å². The standard InChI is InChI=1S/C19H29N3O2/c1-5-16(3)22(17(4)23)14-19(24)21-11-9-20(10-12-21)18-8-6-7-15(2)13-18/h6-8,13,16H,5,9-12,14H2,1-4H3. The van der Waals surface area contributed by atoms with E-state index in [9.17, 15) is 9.59 Å². The van der Waals surface area contributed by atoms with Crippen LogP contribution in [0.4, 0.5) is 5.69 Å². The summed E-state index contributed by atoms with van der Waals surface area (Å²) < 4.78 is 0. The second-order valence-electron chi connectivity index (χ2n) is 6.61. The minimum atomic E-state index is -0.0314. The van der Waals surface area contributed by atoms with Gasteiger partial charge in [0.25, 0.3) is 0 Å². The summed E-state index contributed by atoms with van der Waals surface area (Å²) in [4.78, 5) is 30.2. The molecule has 1 aliphatic rings. The average Bonchev–Trinajstić information content (AvgIpc) is 2.58. The smallest absolute Gasteiger partial charge is 0.242 e. The lowest BCUT2D eigenvalue weighted by molar-refractivity contribution is -0.141. The van der Waals surface area contributed by atoms with Crippen molar-refractivity contribution in [2.45, 2.75) is 40.2 Å². The van der Waals surface area contributed by atoms with E-state index in [0.717, 1.165) is 19.5 Å². The van der Waals surface area contributed by atoms with E-state index in [2.05, 4.69) is 36.1 Å². The van der Waals surface area contributed by atoms with Gasteiger partial charge in [-0.2, -0.15) is 0 Å². The molecule has 5 nitrogen and oxygen atoms in total. The Morgan fingerprint density at radius 1 is 1.21 bits per heavy atom. The third kappa shape index (κ3) is 4.49. The Morgan fingerprint density at radius 3 is 2.42 bits per heavy atom. The first-order valence-electron chi connectivity index (χ1n) is 8.79. The average molecular weight is 331 g/mol. The van der Waals surface area contributed by atoms with Crippen molar-refractivity contribution in [3.05, 3.63) is 29.8 Å². The van der Waals surface area contributed by atoms with Crippen LogP contribution in [0.3, 0.4) is 0 Å². The van der Waals surface area contributed by atoms with E-state index >= 15 is 0 Å². The van der Waals surface area contributed by atoms with Crippen molar-refractivity contribution in [2.75, 3.05) is 37.6 Å². The molecule has 2 amide bonds. The first-order chi connectivity index (χ1) is 11.4. The van der Waals surface area contributed by atoms with Crippen LogP contribution in [0.1, 0.15) is 32.8 Å². The van der Waals surface area contributed by atoms with Crippen molar-refractivity contribution >= 4 is 17.5 Å². The minimum absolute atomic E-state index is 0.0314. The van der Waals surface area contributed by atoms with Gasteiger partial charge in [-0.1, -0.05) is 19.1 Å². The summed E-state index contributed by atoms with van der Waals surface area (Å²) in [7, 11) is 0. The van der Waals surface area contributed by atoms with E-state index in [1.165, 1.54) is 18.2 Å². The highest BCUT2D eigenvalue weighted by atomic mass is 16.2. The van der Waals surface area contributed by atoms with Crippen molar-refractivity contribution in [3.63, 3.8) is 0 Å². The highest BCUT2D eigenvalue weighted by molar-refractivity contribution is 5.84. The summed E-state index contributed by atoms with van der Waals surface area (Å²) in [6.45, 7) is 10.9. The Kier molecular flexibility index (Phi) is 6.23. The molecule has 1 fully saturated rings. The topological polar surface area (TPSA) is 43.9 Å². The van der Waals surface area contributed by atoms with Crippen LogP contribution in [0.5, 0.6) is 0 Å². The summed E-state index contributed by atoms with van der Waals surface area (Å²) in [5.74, 6) is 0.0190. The Labute approximate surface area is 145 Å². The van der Waals surface area contributed by atoms with Crippen LogP contribution in [0.15, 0.2) is 24.3 Å². The molecule has 0 aromatic heterocycles. The summed E-state index contributed by atoms with van der Waals surface area (Å²) in [6.07, 6.45) is 0.855. The molecule has 1 aromatic carbocycles. The van der Waals surface area contributed by atoms with Crippen LogP contribution in [0.2, 0.25) is 0 Å². The predicted molar refractivity (Wildman–Crippen MR) is 97.1 cm³/mol. The van der Waals surface area contributed by atoms with Crippen LogP contribution in [-0.2, 0) is 9.59 Å². The molecule has 132 valence electrons. The Hall–Kier alpha value is -2.04. The van der Waals surface area contributed by atoms with Gasteiger partial charge in [-0.25, -0.2) is 0 Å². The predicted octanol–water partition coefficient (Wildman–Crippen LogP) is 2.29. The minimum Gasteiger partial charge on any atom is -0.368 e. The normalized spacial score (nSPS) is 16.0. The van der Waals surface area contributed by atoms with Crippen molar-refractivity contribution < 1.29 is 9.59 Å². The largest absolute Gasteiger partial charge is 0.368 e. The fraction of sp³-hybridized carbons (Fsp3) is 0.579. The molecule has 0 saturated carbocycles. The van der Waals surface area contributed by atoms with Gasteiger partial charge in [0.2, 0.25) is 11.8 Å². The van der Waals surface area contributed by atoms with Crippen molar-refractivity contribution in [1.29, 1.82) is 0 Å². The molecule has 0 radical (unpaired) electrons. The number of anilines is 1. The fourth-order valence-corrected chi connectivity index (χ4v) is 3.08. The van der Waals surface area contributed by atoms with Gasteiger partial charge in [0, 0.05) is 44.8 Å². The number of rotatable bonds is 5. The van der Waals surface area contributed by atoms with Crippen LogP contribution in [0, 0.1) is 6.92 Å². The number of hydrogen-bond donors (Lipinski definition) is 0. The quantitative estimate of drug-likeness (QED) is 0.831. The van der Waals surface area contributed by atoms with Crippen LogP contribution >= 0.6 is 0 Å². The molecule has 1 heterocycles. The number of aryl methyl sites for hydroxylation is 1. The number of carbonyl (C=O) groups is 2. The van der Waals surface area contributed by atoms with Gasteiger partial charge < -0.3 is 14.7 Å². The zero-order valence-corrected chi connectivity index (χ0v) is 15.3. The third-order valence-electron chi connectivity index (χ3n) is 4.83. The Balaban J connectivity index is 1.91. The first kappa shape index (κ1) is 18.3. The number of piperazine rings is 1. The first-order valence-corrected chi connectivity index (χ1v) is 8.79. The molecule has 0 N–H and O–H groups in total. The van der Waals surface area contributed by atoms with Crippen LogP contribution < -0.4 is 4.90 Å². The maximum Gasteiger partial charge on any atom is 0.242 e. The molecule has 0 spiro atoms. The van der Waals surface area contributed by atoms with Gasteiger partial charge >= 0.3 is 0 Å². The number of nitrogens with zero attached hydrogens (tertiary/aromatic N) is 3. The van der Waals surface area contributed by atoms with E-state index in [4.69, 9.17) is 0 Å². The summed E-state index contributed by atoms with van der Waals surface area (Å²) in [5, 5.41) is 0. The van der Waals surface area contributed by atoms with Crippen molar-refractivity contribution in [3.8, 4) is 0 Å². The van der Waals surface area contributed by atoms with Gasteiger partial charge in [-0.05, 0) is 38.0 Å². The molecule has 1 saturated heterocycles. The second-order valence-corrected chi connectivity index (χ2v) is 6.61. The summed E-state index contributed by atoms with van der Waals surface area (Å²) in [5.41, 5.74) is 2.46. The lowest BCUT2D eigenvalue weighted by Gasteiger charge is -2.37. The lowest BCUT2D eigenvalue weighted by atomic mass is 10.2. The van der Waals surface area contributed by atoms with Gasteiger partial charge in [-0.3, -0.25) is 9.59 Å². The zero-order valence-electron chi connectivity index (χ0n) is 15.3. The van der Waals surface area contributed by atoms with Gasteiger partial charge in [-0.15, -0.1) is 0 Å². The van der Waals surface area contributed by atoms with Gasteiger partial charge in [0.05, 0.1) is 6.54 Å². The second kappa shape index (κ2) is 8.18. The molecular formula is C19H29N3O2. The molecule has 1 aromatic rings. The van der Waals surface area contributed by atoms with E-state index in [1.807, 2.05) is 18.7 Å². The molecular weight excluding hydrogens is 302 g/mol. The molecule has 1 aliphatic heterocycles.